The molecule has 3 heterocycles. The number of hydrogen-bond donors (Lipinski definition) is 0. The Labute approximate surface area is 245 Å². The topological polar surface area (TPSA) is 29.0 Å². The first-order valence-electron chi connectivity index (χ1n) is 14.4. The van der Waals surface area contributed by atoms with Gasteiger partial charge in [0.05, 0.1) is 28.5 Å². The van der Waals surface area contributed by atoms with Gasteiger partial charge in [-0.15, -0.1) is 0 Å². The summed E-state index contributed by atoms with van der Waals surface area (Å²) in [7, 11) is 0. The summed E-state index contributed by atoms with van der Waals surface area (Å²) in [6.07, 6.45) is 3.75. The van der Waals surface area contributed by atoms with Crippen LogP contribution in [0, 0.1) is 0 Å². The van der Waals surface area contributed by atoms with E-state index in [0.717, 1.165) is 28.2 Å². The molecule has 0 saturated heterocycles. The van der Waals surface area contributed by atoms with E-state index in [4.69, 9.17) is 9.97 Å². The maximum absolute atomic E-state index is 4.86. The number of benzene rings is 5. The van der Waals surface area contributed by atoms with Gasteiger partial charge < -0.3 is 4.90 Å². The van der Waals surface area contributed by atoms with Crippen LogP contribution in [0.5, 0.6) is 0 Å². The number of nitrogens with zero attached hydrogens (tertiary/aromatic N) is 3. The molecule has 1 aliphatic heterocycles. The van der Waals surface area contributed by atoms with Crippen molar-refractivity contribution in [3.8, 4) is 22.5 Å². The fraction of sp³-hybridized carbons (Fsp3) is 0.0769. The molecule has 7 aromatic rings. The van der Waals surface area contributed by atoms with Gasteiger partial charge in [-0.3, -0.25) is 9.97 Å². The summed E-state index contributed by atoms with van der Waals surface area (Å²) < 4.78 is 0. The Hall–Kier alpha value is -5.28. The molecule has 5 aromatic carbocycles. The minimum absolute atomic E-state index is 0.222. The normalized spacial score (nSPS) is 13.6. The Kier molecular flexibility index (Phi) is 5.48. The molecule has 0 bridgehead atoms. The molecule has 0 fully saturated rings. The monoisotopic (exact) mass is 539 g/mol. The predicted molar refractivity (Wildman–Crippen MR) is 175 cm³/mol. The van der Waals surface area contributed by atoms with Crippen LogP contribution in [0.2, 0.25) is 0 Å². The Morgan fingerprint density at radius 2 is 0.929 bits per heavy atom. The van der Waals surface area contributed by atoms with Crippen LogP contribution in [-0.2, 0) is 5.41 Å². The highest BCUT2D eigenvalue weighted by atomic mass is 15.2. The molecule has 0 aliphatic carbocycles. The van der Waals surface area contributed by atoms with E-state index in [0.29, 0.717) is 0 Å². The number of pyridine rings is 2. The number of aromatic nitrogens is 2. The third-order valence-corrected chi connectivity index (χ3v) is 8.74. The van der Waals surface area contributed by atoms with E-state index in [-0.39, 0.29) is 5.41 Å². The summed E-state index contributed by atoms with van der Waals surface area (Å²) in [6, 6.07) is 45.5. The van der Waals surface area contributed by atoms with Crippen LogP contribution in [0.15, 0.2) is 140 Å². The van der Waals surface area contributed by atoms with E-state index in [1.54, 1.807) is 0 Å². The molecule has 3 heteroatoms. The summed E-state index contributed by atoms with van der Waals surface area (Å²) in [5.41, 5.74) is 9.87. The molecule has 8 rings (SSSR count). The second-order valence-electron chi connectivity index (χ2n) is 11.5. The van der Waals surface area contributed by atoms with Gasteiger partial charge in [-0.25, -0.2) is 0 Å². The van der Waals surface area contributed by atoms with E-state index in [1.165, 1.54) is 44.0 Å². The van der Waals surface area contributed by atoms with Crippen LogP contribution in [0.3, 0.4) is 0 Å². The highest BCUT2D eigenvalue weighted by Crippen LogP contribution is 2.58. The molecular formula is C39H29N3. The molecule has 42 heavy (non-hydrogen) atoms. The van der Waals surface area contributed by atoms with Gasteiger partial charge in [0.1, 0.15) is 0 Å². The Balaban J connectivity index is 1.60. The fourth-order valence-electron chi connectivity index (χ4n) is 6.72. The highest BCUT2D eigenvalue weighted by Gasteiger charge is 2.40. The number of rotatable bonds is 3. The average molecular weight is 540 g/mol. The summed E-state index contributed by atoms with van der Waals surface area (Å²) >= 11 is 0. The molecule has 0 saturated carbocycles. The van der Waals surface area contributed by atoms with Gasteiger partial charge >= 0.3 is 0 Å². The van der Waals surface area contributed by atoms with E-state index in [1.807, 2.05) is 24.5 Å². The van der Waals surface area contributed by atoms with Crippen molar-refractivity contribution in [2.24, 2.45) is 0 Å². The van der Waals surface area contributed by atoms with E-state index in [2.05, 4.69) is 134 Å². The Bertz CT molecular complexity index is 1970. The van der Waals surface area contributed by atoms with Crippen molar-refractivity contribution in [2.45, 2.75) is 19.3 Å². The summed E-state index contributed by atoms with van der Waals surface area (Å²) in [5.74, 6) is 0. The molecule has 1 aliphatic rings. The van der Waals surface area contributed by atoms with E-state index in [9.17, 15) is 0 Å². The van der Waals surface area contributed by atoms with Crippen molar-refractivity contribution in [3.63, 3.8) is 0 Å². The zero-order chi connectivity index (χ0) is 28.3. The minimum atomic E-state index is -0.222. The predicted octanol–water partition coefficient (Wildman–Crippen LogP) is 10.2. The number of fused-ring (bicyclic) bond motifs is 6. The third kappa shape index (κ3) is 3.60. The van der Waals surface area contributed by atoms with Crippen molar-refractivity contribution in [2.75, 3.05) is 4.90 Å². The first kappa shape index (κ1) is 24.5. The lowest BCUT2D eigenvalue weighted by molar-refractivity contribution is 0.634. The van der Waals surface area contributed by atoms with Gasteiger partial charge in [-0.1, -0.05) is 117 Å². The summed E-state index contributed by atoms with van der Waals surface area (Å²) in [4.78, 5) is 12.2. The second kappa shape index (κ2) is 9.39. The molecule has 200 valence electrons. The quantitative estimate of drug-likeness (QED) is 0.224. The molecule has 0 radical (unpaired) electrons. The van der Waals surface area contributed by atoms with Gasteiger partial charge in [-0.05, 0) is 46.2 Å². The summed E-state index contributed by atoms with van der Waals surface area (Å²) in [6.45, 7) is 4.71. The van der Waals surface area contributed by atoms with Crippen molar-refractivity contribution < 1.29 is 0 Å². The largest absolute Gasteiger partial charge is 0.307 e. The van der Waals surface area contributed by atoms with E-state index < -0.39 is 0 Å². The highest BCUT2D eigenvalue weighted by molar-refractivity contribution is 6.12. The molecular weight excluding hydrogens is 510 g/mol. The molecule has 0 atom stereocenters. The van der Waals surface area contributed by atoms with Crippen LogP contribution in [0.4, 0.5) is 17.1 Å². The lowest BCUT2D eigenvalue weighted by atomic mass is 9.71. The standard InChI is InChI=1S/C39H29N3/c1-39(2)32-22-20-26-12-3-5-14-28(26)37(32)42(38-29-15-6-4-13-27(29)21-23-33(38)39)36-30(34-18-7-9-24-40-34)16-11-17-31(36)35-19-8-10-25-41-35/h3-25H,1-2H3. The van der Waals surface area contributed by atoms with E-state index >= 15 is 0 Å². The second-order valence-corrected chi connectivity index (χ2v) is 11.5. The van der Waals surface area contributed by atoms with Gasteiger partial charge in [0.25, 0.3) is 0 Å². The average Bonchev–Trinajstić information content (AvgIpc) is 3.05. The molecule has 0 unspecified atom stereocenters. The minimum Gasteiger partial charge on any atom is -0.307 e. The van der Waals surface area contributed by atoms with Crippen molar-refractivity contribution in [1.82, 2.24) is 9.97 Å². The zero-order valence-electron chi connectivity index (χ0n) is 23.6. The summed E-state index contributed by atoms with van der Waals surface area (Å²) in [5, 5.41) is 4.89. The first-order valence-corrected chi connectivity index (χ1v) is 14.4. The van der Waals surface area contributed by atoms with Crippen molar-refractivity contribution in [1.29, 1.82) is 0 Å². The van der Waals surface area contributed by atoms with Crippen LogP contribution in [0.25, 0.3) is 44.1 Å². The molecule has 2 aromatic heterocycles. The van der Waals surface area contributed by atoms with Gasteiger partial charge in [0.15, 0.2) is 0 Å². The molecule has 0 spiro atoms. The van der Waals surface area contributed by atoms with Gasteiger partial charge in [0.2, 0.25) is 0 Å². The zero-order valence-corrected chi connectivity index (χ0v) is 23.6. The number of para-hydroxylation sites is 1. The van der Waals surface area contributed by atoms with Gasteiger partial charge in [-0.2, -0.15) is 0 Å². The van der Waals surface area contributed by atoms with Crippen LogP contribution >= 0.6 is 0 Å². The molecule has 3 nitrogen and oxygen atoms in total. The van der Waals surface area contributed by atoms with Gasteiger partial charge in [0, 0.05) is 39.7 Å². The third-order valence-electron chi connectivity index (χ3n) is 8.74. The van der Waals surface area contributed by atoms with Crippen molar-refractivity contribution in [3.05, 3.63) is 151 Å². The van der Waals surface area contributed by atoms with Crippen LogP contribution in [0.1, 0.15) is 25.0 Å². The Morgan fingerprint density at radius 3 is 1.40 bits per heavy atom. The number of hydrogen-bond acceptors (Lipinski definition) is 3. The maximum Gasteiger partial charge on any atom is 0.0723 e. The molecule has 0 amide bonds. The molecule has 0 N–H and O–H groups in total. The lowest BCUT2D eigenvalue weighted by Gasteiger charge is -2.44. The van der Waals surface area contributed by atoms with Crippen LogP contribution in [-0.4, -0.2) is 9.97 Å². The maximum atomic E-state index is 4.86. The fourth-order valence-corrected chi connectivity index (χ4v) is 6.72. The Morgan fingerprint density at radius 1 is 0.452 bits per heavy atom. The lowest BCUT2D eigenvalue weighted by Crippen LogP contribution is -2.31. The first-order chi connectivity index (χ1) is 20.6. The van der Waals surface area contributed by atoms with Crippen LogP contribution < -0.4 is 4.90 Å². The van der Waals surface area contributed by atoms with Crippen molar-refractivity contribution >= 4 is 38.6 Å². The SMILES string of the molecule is CC1(C)c2ccc3ccccc3c2N(c2c(-c3ccccn3)cccc2-c2ccccn2)c2c1ccc1ccccc21. The number of anilines is 3. The smallest absolute Gasteiger partial charge is 0.0723 e.